The van der Waals surface area contributed by atoms with E-state index in [-0.39, 0.29) is 11.9 Å². The van der Waals surface area contributed by atoms with E-state index >= 15 is 0 Å². The lowest BCUT2D eigenvalue weighted by atomic mass is 9.88. The van der Waals surface area contributed by atoms with Gasteiger partial charge in [0.25, 0.3) is 5.91 Å². The highest BCUT2D eigenvalue weighted by molar-refractivity contribution is 5.92. The van der Waals surface area contributed by atoms with E-state index in [2.05, 4.69) is 57.2 Å². The predicted octanol–water partition coefficient (Wildman–Crippen LogP) is 4.84. The smallest absolute Gasteiger partial charge is 0.271 e. The summed E-state index contributed by atoms with van der Waals surface area (Å²) in [7, 11) is 0. The number of imidazole rings is 1. The van der Waals surface area contributed by atoms with Crippen LogP contribution >= 0.6 is 0 Å². The van der Waals surface area contributed by atoms with Crippen molar-refractivity contribution in [3.63, 3.8) is 0 Å². The maximum Gasteiger partial charge on any atom is 0.271 e. The molecule has 1 fully saturated rings. The van der Waals surface area contributed by atoms with Crippen molar-refractivity contribution in [3.8, 4) is 0 Å². The molecule has 1 aliphatic carbocycles. The van der Waals surface area contributed by atoms with Crippen molar-refractivity contribution in [1.82, 2.24) is 19.8 Å². The molecular weight excluding hydrogens is 408 g/mol. The second-order valence-electron chi connectivity index (χ2n) is 9.48. The van der Waals surface area contributed by atoms with Crippen LogP contribution in [0.3, 0.4) is 0 Å². The van der Waals surface area contributed by atoms with Gasteiger partial charge in [0.15, 0.2) is 0 Å². The Morgan fingerprint density at radius 3 is 2.42 bits per heavy atom. The number of hydrogen-bond donors (Lipinski definition) is 1. The monoisotopic (exact) mass is 442 g/mol. The van der Waals surface area contributed by atoms with Crippen LogP contribution in [0.15, 0.2) is 66.9 Å². The number of aromatic nitrogens is 2. The van der Waals surface area contributed by atoms with Gasteiger partial charge in [0.2, 0.25) is 0 Å². The van der Waals surface area contributed by atoms with Crippen LogP contribution in [0.2, 0.25) is 0 Å². The van der Waals surface area contributed by atoms with Gasteiger partial charge >= 0.3 is 0 Å². The van der Waals surface area contributed by atoms with E-state index in [4.69, 9.17) is 4.98 Å². The molecule has 1 aromatic heterocycles. The third kappa shape index (κ3) is 5.19. The number of hydrogen-bond acceptors (Lipinski definition) is 3. The lowest BCUT2D eigenvalue weighted by Crippen LogP contribution is -2.41. The van der Waals surface area contributed by atoms with Crippen LogP contribution in [0.25, 0.3) is 0 Å². The van der Waals surface area contributed by atoms with E-state index < -0.39 is 0 Å². The zero-order chi connectivity index (χ0) is 22.5. The summed E-state index contributed by atoms with van der Waals surface area (Å²) in [6.45, 7) is 3.61. The summed E-state index contributed by atoms with van der Waals surface area (Å²) in [6, 6.07) is 21.0. The Hall–Kier alpha value is -2.92. The van der Waals surface area contributed by atoms with Gasteiger partial charge in [0.05, 0.1) is 6.04 Å². The second kappa shape index (κ2) is 10.3. The number of nitrogens with zero attached hydrogens (tertiary/aromatic N) is 3. The minimum Gasteiger partial charge on any atom is -0.350 e. The first-order valence-electron chi connectivity index (χ1n) is 12.5. The molecule has 1 N–H and O–H groups in total. The number of carbonyl (C=O) groups excluding carboxylic acids is 1. The van der Waals surface area contributed by atoms with Gasteiger partial charge in [0, 0.05) is 32.4 Å². The Bertz CT molecular complexity index is 1040. The number of benzene rings is 2. The van der Waals surface area contributed by atoms with Crippen molar-refractivity contribution in [2.75, 3.05) is 19.6 Å². The number of amides is 1. The highest BCUT2D eigenvalue weighted by Crippen LogP contribution is 2.34. The molecule has 2 aromatic carbocycles. The van der Waals surface area contributed by atoms with Crippen LogP contribution in [0, 0.1) is 5.92 Å². The lowest BCUT2D eigenvalue weighted by Gasteiger charge is -2.39. The molecule has 3 aromatic rings. The van der Waals surface area contributed by atoms with Gasteiger partial charge in [-0.25, -0.2) is 4.98 Å². The van der Waals surface area contributed by atoms with Gasteiger partial charge in [-0.3, -0.25) is 9.69 Å². The van der Waals surface area contributed by atoms with Crippen molar-refractivity contribution >= 4 is 5.91 Å². The van der Waals surface area contributed by atoms with Crippen LogP contribution in [-0.4, -0.2) is 40.0 Å². The molecule has 1 amide bonds. The Morgan fingerprint density at radius 2 is 1.67 bits per heavy atom. The number of nitrogens with one attached hydrogen (secondary N) is 1. The molecule has 5 nitrogen and oxygen atoms in total. The summed E-state index contributed by atoms with van der Waals surface area (Å²) >= 11 is 0. The van der Waals surface area contributed by atoms with Crippen molar-refractivity contribution in [3.05, 3.63) is 89.5 Å². The summed E-state index contributed by atoms with van der Waals surface area (Å²) in [5.41, 5.74) is 3.01. The average Bonchev–Trinajstić information content (AvgIpc) is 3.30. The summed E-state index contributed by atoms with van der Waals surface area (Å²) < 4.78 is 2.20. The zero-order valence-corrected chi connectivity index (χ0v) is 19.3. The molecule has 2 heterocycles. The second-order valence-corrected chi connectivity index (χ2v) is 9.48. The number of rotatable bonds is 7. The van der Waals surface area contributed by atoms with Crippen molar-refractivity contribution in [2.45, 2.75) is 51.1 Å². The van der Waals surface area contributed by atoms with Crippen LogP contribution in [0.5, 0.6) is 0 Å². The van der Waals surface area contributed by atoms with Gasteiger partial charge in [-0.15, -0.1) is 0 Å². The minimum absolute atomic E-state index is 0.0847. The lowest BCUT2D eigenvalue weighted by molar-refractivity contribution is 0.0949. The van der Waals surface area contributed by atoms with E-state index in [0.29, 0.717) is 12.2 Å². The van der Waals surface area contributed by atoms with Crippen LogP contribution < -0.4 is 5.32 Å². The molecule has 1 atom stereocenters. The molecule has 2 aliphatic rings. The molecule has 0 unspecified atom stereocenters. The SMILES string of the molecule is O=C(NCCc1ccccc1)c1cn2c(n1)[C@@H](c1ccccc1)N(CC1CCCCC1)CC2. The maximum atomic E-state index is 12.9. The summed E-state index contributed by atoms with van der Waals surface area (Å²) in [4.78, 5) is 20.4. The van der Waals surface area contributed by atoms with E-state index in [1.165, 1.54) is 43.2 Å². The molecule has 33 heavy (non-hydrogen) atoms. The van der Waals surface area contributed by atoms with Gasteiger partial charge in [0.1, 0.15) is 11.5 Å². The third-order valence-electron chi connectivity index (χ3n) is 7.15. The first-order valence-corrected chi connectivity index (χ1v) is 12.5. The molecule has 1 aliphatic heterocycles. The molecule has 5 heteroatoms. The first kappa shape index (κ1) is 21.9. The molecule has 5 rings (SSSR count). The van der Waals surface area contributed by atoms with E-state index in [1.807, 2.05) is 24.4 Å². The number of fused-ring (bicyclic) bond motifs is 1. The topological polar surface area (TPSA) is 50.2 Å². The summed E-state index contributed by atoms with van der Waals surface area (Å²) in [5.74, 6) is 1.68. The Morgan fingerprint density at radius 1 is 0.939 bits per heavy atom. The zero-order valence-electron chi connectivity index (χ0n) is 19.3. The molecule has 0 bridgehead atoms. The summed E-state index contributed by atoms with van der Waals surface area (Å²) in [6.07, 6.45) is 9.53. The predicted molar refractivity (Wildman–Crippen MR) is 131 cm³/mol. The van der Waals surface area contributed by atoms with Gasteiger partial charge in [-0.1, -0.05) is 79.9 Å². The van der Waals surface area contributed by atoms with Crippen molar-refractivity contribution in [1.29, 1.82) is 0 Å². The molecule has 172 valence electrons. The fourth-order valence-corrected chi connectivity index (χ4v) is 5.41. The fourth-order valence-electron chi connectivity index (χ4n) is 5.41. The highest BCUT2D eigenvalue weighted by atomic mass is 16.1. The van der Waals surface area contributed by atoms with Crippen LogP contribution in [0.1, 0.15) is 65.6 Å². The first-order chi connectivity index (χ1) is 16.3. The van der Waals surface area contributed by atoms with E-state index in [1.54, 1.807) is 0 Å². The molecule has 0 radical (unpaired) electrons. The largest absolute Gasteiger partial charge is 0.350 e. The highest BCUT2D eigenvalue weighted by Gasteiger charge is 2.33. The minimum atomic E-state index is -0.0847. The van der Waals surface area contributed by atoms with Gasteiger partial charge in [-0.2, -0.15) is 0 Å². The van der Waals surface area contributed by atoms with Gasteiger partial charge < -0.3 is 9.88 Å². The standard InChI is InChI=1S/C28H34N4O/c33-28(29-17-16-22-10-4-1-5-11-22)25-21-32-19-18-31(20-23-12-6-2-7-13-23)26(27(32)30-25)24-14-8-3-9-15-24/h1,3-5,8-11,14-15,21,23,26H,2,6-7,12-13,16-20H2,(H,29,33)/t26-/m1/s1. The molecule has 0 saturated heterocycles. The average molecular weight is 443 g/mol. The quantitative estimate of drug-likeness (QED) is 0.570. The third-order valence-corrected chi connectivity index (χ3v) is 7.15. The van der Waals surface area contributed by atoms with Crippen molar-refractivity contribution in [2.24, 2.45) is 5.92 Å². The van der Waals surface area contributed by atoms with Crippen LogP contribution in [-0.2, 0) is 13.0 Å². The molecule has 0 spiro atoms. The van der Waals surface area contributed by atoms with E-state index in [0.717, 1.165) is 37.8 Å². The number of carbonyl (C=O) groups is 1. The maximum absolute atomic E-state index is 12.9. The van der Waals surface area contributed by atoms with E-state index in [9.17, 15) is 4.79 Å². The Balaban J connectivity index is 1.33. The normalized spacial score (nSPS) is 19.2. The Labute approximate surface area is 196 Å². The Kier molecular flexibility index (Phi) is 6.87. The molecule has 1 saturated carbocycles. The fraction of sp³-hybridized carbons (Fsp3) is 0.429. The summed E-state index contributed by atoms with van der Waals surface area (Å²) in [5, 5.41) is 3.06. The molecular formula is C28H34N4O. The van der Waals surface area contributed by atoms with Crippen molar-refractivity contribution < 1.29 is 4.79 Å². The van der Waals surface area contributed by atoms with Crippen LogP contribution in [0.4, 0.5) is 0 Å². The van der Waals surface area contributed by atoms with Gasteiger partial charge in [-0.05, 0) is 36.3 Å².